The van der Waals surface area contributed by atoms with E-state index < -0.39 is 36.5 Å². The van der Waals surface area contributed by atoms with E-state index in [4.69, 9.17) is 22.1 Å². The number of hydrogen-bond acceptors (Lipinski definition) is 7. The molecule has 0 unspecified atom stereocenters. The van der Waals surface area contributed by atoms with Crippen molar-refractivity contribution in [3.05, 3.63) is 26.9 Å². The molecular weight excluding hydrogens is 295 g/mol. The highest BCUT2D eigenvalue weighted by Gasteiger charge is 2.55. The molecule has 0 aromatic carbocycles. The molecule has 0 bridgehead atoms. The fourth-order valence-corrected chi connectivity index (χ4v) is 2.13. The zero-order valence-corrected chi connectivity index (χ0v) is 10.7. The maximum Gasteiger partial charge on any atom is 0.263 e. The molecule has 1 aliphatic rings. The number of aliphatic hydroxyl groups is 3. The van der Waals surface area contributed by atoms with Crippen LogP contribution < -0.4 is 5.56 Å². The predicted molar refractivity (Wildman–Crippen MR) is 64.3 cm³/mol. The van der Waals surface area contributed by atoms with Crippen LogP contribution >= 0.6 is 12.2 Å². The summed E-state index contributed by atoms with van der Waals surface area (Å²) < 4.78 is 19.4. The summed E-state index contributed by atoms with van der Waals surface area (Å²) in [4.78, 5) is 24.2. The van der Waals surface area contributed by atoms with Gasteiger partial charge in [-0.05, 0) is 12.2 Å². The highest BCUT2D eigenvalue weighted by molar-refractivity contribution is 7.71. The molecule has 4 N–H and O–H groups in total. The van der Waals surface area contributed by atoms with Crippen molar-refractivity contribution < 1.29 is 29.2 Å². The summed E-state index contributed by atoms with van der Waals surface area (Å²) in [6, 6.07) is 0. The molecule has 1 aromatic rings. The third-order valence-corrected chi connectivity index (χ3v) is 3.30. The highest BCUT2D eigenvalue weighted by atomic mass is 32.1. The van der Waals surface area contributed by atoms with Crippen LogP contribution in [0.2, 0.25) is 0 Å². The number of hydrogen-bond donors (Lipinski definition) is 4. The van der Waals surface area contributed by atoms with Gasteiger partial charge in [-0.2, -0.15) is 0 Å². The van der Waals surface area contributed by atoms with Gasteiger partial charge in [0.2, 0.25) is 0 Å². The van der Waals surface area contributed by atoms with Gasteiger partial charge in [0.25, 0.3) is 11.4 Å². The van der Waals surface area contributed by atoms with E-state index in [9.17, 15) is 24.2 Å². The zero-order chi connectivity index (χ0) is 15.1. The SMILES string of the molecule is O=Cc1cn([C@@H]2O[C@](F)(CO)[C@@H](O)[C@H]2O)c(=S)[nH]c1=O. The van der Waals surface area contributed by atoms with Gasteiger partial charge in [0.05, 0.1) is 5.56 Å². The second-order valence-electron chi connectivity index (χ2n) is 4.26. The summed E-state index contributed by atoms with van der Waals surface area (Å²) in [6.07, 6.45) is -4.03. The van der Waals surface area contributed by atoms with Gasteiger partial charge in [0.15, 0.2) is 17.3 Å². The quantitative estimate of drug-likeness (QED) is 0.401. The Kier molecular flexibility index (Phi) is 3.84. The maximum absolute atomic E-state index is 13.9. The summed E-state index contributed by atoms with van der Waals surface area (Å²) in [5, 5.41) is 28.2. The van der Waals surface area contributed by atoms with Gasteiger partial charge in [-0.15, -0.1) is 0 Å². The number of carbonyl (C=O) groups is 1. The van der Waals surface area contributed by atoms with E-state index in [1.54, 1.807) is 0 Å². The van der Waals surface area contributed by atoms with Crippen molar-refractivity contribution in [1.29, 1.82) is 0 Å². The van der Waals surface area contributed by atoms with Crippen LogP contribution in [0.5, 0.6) is 0 Å². The number of aromatic nitrogens is 2. The molecule has 0 spiro atoms. The number of nitrogens with one attached hydrogen (secondary N) is 1. The molecule has 4 atom stereocenters. The second kappa shape index (κ2) is 5.14. The molecule has 110 valence electrons. The minimum atomic E-state index is -2.86. The standard InChI is InChI=1S/C10H11FN2O6S/c11-10(3-15)6(17)5(16)8(19-10)13-1-4(2-14)7(18)12-9(13)20/h1-2,5-6,8,15-17H,3H2,(H,12,18,20)/t5-,6+,8-,10-/m1/s1. The molecule has 1 aliphatic heterocycles. The van der Waals surface area contributed by atoms with Crippen LogP contribution in [0.4, 0.5) is 4.39 Å². The summed E-state index contributed by atoms with van der Waals surface area (Å²) in [7, 11) is 0. The Morgan fingerprint density at radius 3 is 2.75 bits per heavy atom. The Hall–Kier alpha value is -1.46. The van der Waals surface area contributed by atoms with Gasteiger partial charge in [0.1, 0.15) is 18.8 Å². The normalized spacial score (nSPS) is 33.3. The first-order valence-corrected chi connectivity index (χ1v) is 5.89. The van der Waals surface area contributed by atoms with Crippen molar-refractivity contribution in [1.82, 2.24) is 9.55 Å². The number of carbonyl (C=O) groups excluding carboxylic acids is 1. The predicted octanol–water partition coefficient (Wildman–Crippen LogP) is -1.37. The minimum Gasteiger partial charge on any atom is -0.390 e. The van der Waals surface area contributed by atoms with Crippen LogP contribution in [0.3, 0.4) is 0 Å². The van der Waals surface area contributed by atoms with Crippen molar-refractivity contribution in [3.8, 4) is 0 Å². The Labute approximate surface area is 116 Å². The number of aromatic amines is 1. The van der Waals surface area contributed by atoms with Crippen molar-refractivity contribution in [2.45, 2.75) is 24.3 Å². The number of alkyl halides is 1. The van der Waals surface area contributed by atoms with Crippen LogP contribution in [-0.2, 0) is 4.74 Å². The van der Waals surface area contributed by atoms with Gasteiger partial charge < -0.3 is 20.1 Å². The van der Waals surface area contributed by atoms with E-state index in [0.717, 1.165) is 10.8 Å². The topological polar surface area (TPSA) is 125 Å². The monoisotopic (exact) mass is 306 g/mol. The van der Waals surface area contributed by atoms with E-state index in [1.807, 2.05) is 0 Å². The van der Waals surface area contributed by atoms with E-state index in [0.29, 0.717) is 0 Å². The van der Waals surface area contributed by atoms with E-state index in [1.165, 1.54) is 0 Å². The molecule has 1 saturated heterocycles. The van der Waals surface area contributed by atoms with Gasteiger partial charge in [-0.3, -0.25) is 19.1 Å². The minimum absolute atomic E-state index is 0.237. The van der Waals surface area contributed by atoms with Crippen LogP contribution in [0.15, 0.2) is 11.0 Å². The zero-order valence-electron chi connectivity index (χ0n) is 9.89. The molecule has 10 heteroatoms. The molecule has 2 rings (SSSR count). The summed E-state index contributed by atoms with van der Waals surface area (Å²) in [5.41, 5.74) is -1.06. The van der Waals surface area contributed by atoms with E-state index in [2.05, 4.69) is 4.98 Å². The fraction of sp³-hybridized carbons (Fsp3) is 0.500. The molecule has 0 radical (unpaired) electrons. The first-order valence-electron chi connectivity index (χ1n) is 5.48. The second-order valence-corrected chi connectivity index (χ2v) is 4.64. The first-order chi connectivity index (χ1) is 9.34. The van der Waals surface area contributed by atoms with Crippen molar-refractivity contribution in [3.63, 3.8) is 0 Å². The molecule has 0 aliphatic carbocycles. The highest BCUT2D eigenvalue weighted by Crippen LogP contribution is 2.37. The molecule has 20 heavy (non-hydrogen) atoms. The summed E-state index contributed by atoms with van der Waals surface area (Å²) in [5.74, 6) is -2.86. The molecule has 2 heterocycles. The number of rotatable bonds is 3. The van der Waals surface area contributed by atoms with Crippen LogP contribution in [0, 0.1) is 4.77 Å². The van der Waals surface area contributed by atoms with Crippen molar-refractivity contribution in [2.24, 2.45) is 0 Å². The molecule has 1 fully saturated rings. The third kappa shape index (κ3) is 2.21. The Morgan fingerprint density at radius 1 is 1.60 bits per heavy atom. The number of nitrogens with zero attached hydrogens (tertiary/aromatic N) is 1. The molecule has 8 nitrogen and oxygen atoms in total. The molecule has 1 aromatic heterocycles. The van der Waals surface area contributed by atoms with Crippen LogP contribution in [0.1, 0.15) is 16.6 Å². The Balaban J connectivity index is 2.50. The Morgan fingerprint density at radius 2 is 2.25 bits per heavy atom. The molecule has 0 saturated carbocycles. The summed E-state index contributed by atoms with van der Waals surface area (Å²) >= 11 is 4.82. The van der Waals surface area contributed by atoms with Gasteiger partial charge in [-0.1, -0.05) is 0 Å². The number of ether oxygens (including phenoxy) is 1. The lowest BCUT2D eigenvalue weighted by Gasteiger charge is -2.20. The lowest BCUT2D eigenvalue weighted by Crippen LogP contribution is -2.42. The summed E-state index contributed by atoms with van der Waals surface area (Å²) in [6.45, 7) is -1.18. The number of aldehydes is 1. The average molecular weight is 306 g/mol. The molecular formula is C10H11FN2O6S. The van der Waals surface area contributed by atoms with E-state index in [-0.39, 0.29) is 16.6 Å². The van der Waals surface area contributed by atoms with E-state index >= 15 is 0 Å². The largest absolute Gasteiger partial charge is 0.390 e. The average Bonchev–Trinajstić information content (AvgIpc) is 2.64. The van der Waals surface area contributed by atoms with Crippen LogP contribution in [0.25, 0.3) is 0 Å². The first kappa shape index (κ1) is 14.9. The van der Waals surface area contributed by atoms with Gasteiger partial charge in [-0.25, -0.2) is 4.39 Å². The lowest BCUT2D eigenvalue weighted by molar-refractivity contribution is -0.207. The molecule has 0 amide bonds. The number of aliphatic hydroxyl groups excluding tert-OH is 3. The maximum atomic E-state index is 13.9. The van der Waals surface area contributed by atoms with Gasteiger partial charge in [0, 0.05) is 6.20 Å². The number of H-pyrrole nitrogens is 1. The lowest BCUT2D eigenvalue weighted by atomic mass is 10.1. The fourth-order valence-electron chi connectivity index (χ4n) is 1.88. The number of halogens is 1. The smallest absolute Gasteiger partial charge is 0.263 e. The van der Waals surface area contributed by atoms with Crippen molar-refractivity contribution in [2.75, 3.05) is 6.61 Å². The third-order valence-electron chi connectivity index (χ3n) is 2.99. The van der Waals surface area contributed by atoms with Crippen LogP contribution in [-0.4, -0.2) is 55.8 Å². The Bertz CT molecular complexity index is 645. The van der Waals surface area contributed by atoms with Crippen molar-refractivity contribution >= 4 is 18.5 Å². The van der Waals surface area contributed by atoms with Gasteiger partial charge >= 0.3 is 0 Å².